The molecule has 0 bridgehead atoms. The molecule has 1 amide bonds. The number of Topliss-reactive ketones (excluding diaryl/α,β-unsaturated/α-hetero) is 2. The van der Waals surface area contributed by atoms with Crippen LogP contribution in [0.2, 0.25) is 0 Å². The topological polar surface area (TPSA) is 81.1 Å². The van der Waals surface area contributed by atoms with Gasteiger partial charge in [0.1, 0.15) is 5.78 Å². The van der Waals surface area contributed by atoms with E-state index in [0.717, 1.165) is 16.1 Å². The van der Waals surface area contributed by atoms with Crippen LogP contribution in [0.25, 0.3) is 5.69 Å². The van der Waals surface area contributed by atoms with Crippen molar-refractivity contribution in [1.82, 2.24) is 15.1 Å². The van der Waals surface area contributed by atoms with Gasteiger partial charge in [-0.3, -0.25) is 14.4 Å². The Morgan fingerprint density at radius 3 is 2.48 bits per heavy atom. The highest BCUT2D eigenvalue weighted by Crippen LogP contribution is 2.17. The first-order valence-electron chi connectivity index (χ1n) is 9.48. The molecule has 0 atom stereocenters. The van der Waals surface area contributed by atoms with Gasteiger partial charge in [0, 0.05) is 48.9 Å². The quantitative estimate of drug-likeness (QED) is 0.516. The number of thiophene rings is 1. The van der Waals surface area contributed by atoms with E-state index in [9.17, 15) is 14.4 Å². The number of benzene rings is 1. The Kier molecular flexibility index (Phi) is 7.08. The lowest BCUT2D eigenvalue weighted by molar-refractivity contribution is -0.125. The van der Waals surface area contributed by atoms with Crippen LogP contribution in [0.5, 0.6) is 0 Å². The van der Waals surface area contributed by atoms with Gasteiger partial charge in [0.15, 0.2) is 5.78 Å². The van der Waals surface area contributed by atoms with E-state index in [2.05, 4.69) is 10.4 Å². The van der Waals surface area contributed by atoms with Crippen LogP contribution in [-0.4, -0.2) is 27.3 Å². The molecule has 0 aliphatic rings. The number of rotatable bonds is 10. The van der Waals surface area contributed by atoms with Gasteiger partial charge < -0.3 is 5.32 Å². The van der Waals surface area contributed by atoms with Crippen molar-refractivity contribution >= 4 is 28.8 Å². The molecule has 0 saturated carbocycles. The molecule has 3 rings (SSSR count). The molecule has 0 unspecified atom stereocenters. The monoisotopic (exact) mass is 409 g/mol. The molecule has 7 heteroatoms. The largest absolute Gasteiger partial charge is 0.352 e. The Labute approximate surface area is 173 Å². The van der Waals surface area contributed by atoms with Gasteiger partial charge >= 0.3 is 0 Å². The van der Waals surface area contributed by atoms with E-state index >= 15 is 0 Å². The summed E-state index contributed by atoms with van der Waals surface area (Å²) in [5, 5.41) is 7.09. The first-order valence-corrected chi connectivity index (χ1v) is 10.3. The summed E-state index contributed by atoms with van der Waals surface area (Å²) in [5.41, 5.74) is 1.83. The zero-order valence-corrected chi connectivity index (χ0v) is 17.1. The molecule has 0 fully saturated rings. The average Bonchev–Trinajstić information content (AvgIpc) is 3.38. The van der Waals surface area contributed by atoms with E-state index in [4.69, 9.17) is 0 Å². The molecule has 3 aromatic rings. The second-order valence-corrected chi connectivity index (χ2v) is 8.07. The number of carbonyl (C=O) groups is 3. The molecule has 150 valence electrons. The molecule has 0 aliphatic heterocycles. The Hall–Kier alpha value is -3.06. The zero-order chi connectivity index (χ0) is 20.6. The lowest BCUT2D eigenvalue weighted by atomic mass is 10.1. The number of aryl methyl sites for hydroxylation is 1. The van der Waals surface area contributed by atoms with E-state index < -0.39 is 0 Å². The predicted molar refractivity (Wildman–Crippen MR) is 112 cm³/mol. The Morgan fingerprint density at radius 2 is 1.76 bits per heavy atom. The zero-order valence-electron chi connectivity index (χ0n) is 16.3. The fourth-order valence-electron chi connectivity index (χ4n) is 2.80. The summed E-state index contributed by atoms with van der Waals surface area (Å²) in [7, 11) is 0. The fourth-order valence-corrected chi connectivity index (χ4v) is 3.64. The minimum Gasteiger partial charge on any atom is -0.352 e. The van der Waals surface area contributed by atoms with Crippen LogP contribution in [-0.2, 0) is 16.1 Å². The molecule has 2 heterocycles. The maximum Gasteiger partial charge on any atom is 0.220 e. The van der Waals surface area contributed by atoms with Crippen molar-refractivity contribution in [2.45, 2.75) is 39.2 Å². The third kappa shape index (κ3) is 6.22. The smallest absolute Gasteiger partial charge is 0.220 e. The summed E-state index contributed by atoms with van der Waals surface area (Å²) in [6, 6.07) is 13.4. The lowest BCUT2D eigenvalue weighted by Crippen LogP contribution is -2.23. The van der Waals surface area contributed by atoms with Gasteiger partial charge in [-0.15, -0.1) is 11.3 Å². The summed E-state index contributed by atoms with van der Waals surface area (Å²) in [4.78, 5) is 37.8. The van der Waals surface area contributed by atoms with Crippen molar-refractivity contribution < 1.29 is 14.4 Å². The summed E-state index contributed by atoms with van der Waals surface area (Å²) in [6.45, 7) is 2.30. The summed E-state index contributed by atoms with van der Waals surface area (Å²) in [6.07, 6.45) is 4.20. The van der Waals surface area contributed by atoms with E-state index in [1.807, 2.05) is 49.5 Å². The van der Waals surface area contributed by atoms with Gasteiger partial charge in [-0.2, -0.15) is 5.10 Å². The lowest BCUT2D eigenvalue weighted by Gasteiger charge is -2.04. The molecule has 0 spiro atoms. The van der Waals surface area contributed by atoms with E-state index in [1.165, 1.54) is 11.3 Å². The number of para-hydroxylation sites is 1. The van der Waals surface area contributed by atoms with Crippen LogP contribution < -0.4 is 5.32 Å². The number of nitrogens with zero attached hydrogens (tertiary/aromatic N) is 2. The van der Waals surface area contributed by atoms with Crippen LogP contribution in [0.3, 0.4) is 0 Å². The summed E-state index contributed by atoms with van der Waals surface area (Å²) in [5.74, 6) is -0.277. The maximum absolute atomic E-state index is 12.0. The standard InChI is InChI=1S/C22H23N3O3S/c1-16-7-11-21(29-16)20(27)10-8-19(26)9-12-22(28)23-13-17-14-24-25(15-17)18-5-3-2-4-6-18/h2-7,11,14-15H,8-10,12-13H2,1H3,(H,23,28). The first kappa shape index (κ1) is 20.7. The third-order valence-corrected chi connectivity index (χ3v) is 5.47. The molecule has 2 aromatic heterocycles. The van der Waals surface area contributed by atoms with Crippen LogP contribution in [0.1, 0.15) is 45.8 Å². The van der Waals surface area contributed by atoms with Crippen molar-refractivity contribution in [3.63, 3.8) is 0 Å². The van der Waals surface area contributed by atoms with Gasteiger partial charge in [0.25, 0.3) is 0 Å². The van der Waals surface area contributed by atoms with E-state index in [1.54, 1.807) is 16.9 Å². The number of ketones is 2. The van der Waals surface area contributed by atoms with Crippen molar-refractivity contribution in [3.8, 4) is 5.69 Å². The van der Waals surface area contributed by atoms with Gasteiger partial charge in [0.05, 0.1) is 16.8 Å². The minimum atomic E-state index is -0.189. The molecule has 1 N–H and O–H groups in total. The van der Waals surface area contributed by atoms with Gasteiger partial charge in [0.2, 0.25) is 5.91 Å². The summed E-state index contributed by atoms with van der Waals surface area (Å²) < 4.78 is 1.75. The molecular weight excluding hydrogens is 386 g/mol. The Bertz CT molecular complexity index is 992. The van der Waals surface area contributed by atoms with Gasteiger partial charge in [-0.1, -0.05) is 18.2 Å². The number of hydrogen-bond acceptors (Lipinski definition) is 5. The fraction of sp³-hybridized carbons (Fsp3) is 0.273. The second kappa shape index (κ2) is 9.93. The highest BCUT2D eigenvalue weighted by atomic mass is 32.1. The predicted octanol–water partition coefficient (Wildman–Crippen LogP) is 3.87. The van der Waals surface area contributed by atoms with E-state index in [0.29, 0.717) is 11.4 Å². The van der Waals surface area contributed by atoms with Crippen LogP contribution in [0.4, 0.5) is 0 Å². The molecule has 0 radical (unpaired) electrons. The number of hydrogen-bond donors (Lipinski definition) is 1. The summed E-state index contributed by atoms with van der Waals surface area (Å²) >= 11 is 1.44. The van der Waals surface area contributed by atoms with Gasteiger partial charge in [-0.25, -0.2) is 4.68 Å². The molecule has 6 nitrogen and oxygen atoms in total. The molecular formula is C22H23N3O3S. The van der Waals surface area contributed by atoms with Crippen molar-refractivity contribution in [3.05, 3.63) is 70.2 Å². The molecule has 29 heavy (non-hydrogen) atoms. The number of carbonyl (C=O) groups excluding carboxylic acids is 3. The number of nitrogens with one attached hydrogen (secondary N) is 1. The first-order chi connectivity index (χ1) is 14.0. The molecule has 0 saturated heterocycles. The SMILES string of the molecule is Cc1ccc(C(=O)CCC(=O)CCC(=O)NCc2cnn(-c3ccccc3)c2)s1. The minimum absolute atomic E-state index is 0.0173. The van der Waals surface area contributed by atoms with Crippen molar-refractivity contribution in [2.24, 2.45) is 0 Å². The second-order valence-electron chi connectivity index (χ2n) is 6.78. The van der Waals surface area contributed by atoms with E-state index in [-0.39, 0.29) is 43.2 Å². The molecule has 1 aromatic carbocycles. The highest BCUT2D eigenvalue weighted by molar-refractivity contribution is 7.14. The van der Waals surface area contributed by atoms with Crippen LogP contribution >= 0.6 is 11.3 Å². The van der Waals surface area contributed by atoms with Crippen LogP contribution in [0.15, 0.2) is 54.9 Å². The molecule has 0 aliphatic carbocycles. The average molecular weight is 410 g/mol. The van der Waals surface area contributed by atoms with Gasteiger partial charge in [-0.05, 0) is 31.2 Å². The Balaban J connectivity index is 1.36. The Morgan fingerprint density at radius 1 is 1.00 bits per heavy atom. The number of amides is 1. The highest BCUT2D eigenvalue weighted by Gasteiger charge is 2.12. The third-order valence-electron chi connectivity index (χ3n) is 4.42. The van der Waals surface area contributed by atoms with Crippen LogP contribution in [0, 0.1) is 6.92 Å². The van der Waals surface area contributed by atoms with Crippen molar-refractivity contribution in [2.75, 3.05) is 0 Å². The maximum atomic E-state index is 12.0. The normalized spacial score (nSPS) is 10.7. The number of aromatic nitrogens is 2. The van der Waals surface area contributed by atoms with Crippen molar-refractivity contribution in [1.29, 1.82) is 0 Å².